The molecule has 3 amide bonds. The third-order valence-electron chi connectivity index (χ3n) is 3.69. The van der Waals surface area contributed by atoms with Crippen molar-refractivity contribution in [3.8, 4) is 0 Å². The number of nitro benzene ring substituents is 1. The predicted octanol–water partition coefficient (Wildman–Crippen LogP) is 1.29. The monoisotopic (exact) mass is 436 g/mol. The number of ether oxygens (including phenoxy) is 1. The van der Waals surface area contributed by atoms with Crippen molar-refractivity contribution >= 4 is 40.6 Å². The van der Waals surface area contributed by atoms with Crippen LogP contribution >= 0.6 is 11.3 Å². The number of hydrogen-bond acceptors (Lipinski definition) is 9. The van der Waals surface area contributed by atoms with Gasteiger partial charge in [-0.2, -0.15) is 0 Å². The number of nitrogens with zero attached hydrogens (tertiary/aromatic N) is 1. The second kappa shape index (κ2) is 11.5. The number of carbonyl (C=O) groups excluding carboxylic acids is 3. The Labute approximate surface area is 175 Å². The van der Waals surface area contributed by atoms with E-state index >= 15 is 0 Å². The quantitative estimate of drug-likeness (QED) is 0.246. The van der Waals surface area contributed by atoms with Crippen molar-refractivity contribution in [3.05, 3.63) is 56.3 Å². The zero-order valence-electron chi connectivity index (χ0n) is 15.8. The lowest BCUT2D eigenvalue weighted by atomic mass is 10.1. The molecule has 11 nitrogen and oxygen atoms in total. The standard InChI is InChI=1S/C18H20N4O7S/c23-8-7-19-15-4-3-12(22(27)28)10-14(15)17(25)29-11-16(24)21-18(26)20-6-5-13-2-1-9-30-13/h1-4,9-10,19,23H,5-8,11H2,(H2,20,21,24,26). The van der Waals surface area contributed by atoms with E-state index in [-0.39, 0.29) is 30.1 Å². The summed E-state index contributed by atoms with van der Waals surface area (Å²) in [5.41, 5.74) is -0.316. The summed E-state index contributed by atoms with van der Waals surface area (Å²) in [4.78, 5) is 47.1. The number of benzene rings is 1. The molecule has 1 aromatic heterocycles. The van der Waals surface area contributed by atoms with Gasteiger partial charge in [-0.25, -0.2) is 9.59 Å². The Morgan fingerprint density at radius 3 is 2.67 bits per heavy atom. The molecule has 0 atom stereocenters. The van der Waals surface area contributed by atoms with E-state index < -0.39 is 29.4 Å². The SMILES string of the molecule is O=C(COC(=O)c1cc([N+](=O)[O-])ccc1NCCO)NC(=O)NCCc1cccs1. The van der Waals surface area contributed by atoms with Crippen LogP contribution in [0.3, 0.4) is 0 Å². The molecular formula is C18H20N4O7S. The molecule has 0 aliphatic carbocycles. The second-order valence-corrected chi connectivity index (χ2v) is 6.88. The van der Waals surface area contributed by atoms with Crippen LogP contribution in [0.15, 0.2) is 35.7 Å². The molecule has 2 rings (SSSR count). The van der Waals surface area contributed by atoms with Gasteiger partial charge in [0.05, 0.1) is 17.1 Å². The maximum atomic E-state index is 12.3. The molecule has 0 saturated carbocycles. The van der Waals surface area contributed by atoms with Crippen molar-refractivity contribution in [3.63, 3.8) is 0 Å². The van der Waals surface area contributed by atoms with Crippen LogP contribution in [0.5, 0.6) is 0 Å². The molecule has 0 saturated heterocycles. The summed E-state index contributed by atoms with van der Waals surface area (Å²) < 4.78 is 4.86. The fraction of sp³-hybridized carbons (Fsp3) is 0.278. The molecule has 4 N–H and O–H groups in total. The number of thiophene rings is 1. The maximum absolute atomic E-state index is 12.3. The number of urea groups is 1. The van der Waals surface area contributed by atoms with Gasteiger partial charge in [0.25, 0.3) is 11.6 Å². The minimum Gasteiger partial charge on any atom is -0.452 e. The number of aliphatic hydroxyl groups excluding tert-OH is 1. The van der Waals surface area contributed by atoms with Gasteiger partial charge in [-0.1, -0.05) is 6.07 Å². The van der Waals surface area contributed by atoms with Gasteiger partial charge in [0.2, 0.25) is 0 Å². The average Bonchev–Trinajstić information content (AvgIpc) is 3.23. The highest BCUT2D eigenvalue weighted by molar-refractivity contribution is 7.09. The molecule has 2 aromatic rings. The van der Waals surface area contributed by atoms with Crippen LogP contribution in [-0.2, 0) is 16.0 Å². The van der Waals surface area contributed by atoms with Crippen LogP contribution in [0.25, 0.3) is 0 Å². The normalized spacial score (nSPS) is 10.2. The van der Waals surface area contributed by atoms with Gasteiger partial charge in [-0.15, -0.1) is 11.3 Å². The van der Waals surface area contributed by atoms with E-state index in [1.54, 1.807) is 11.3 Å². The van der Waals surface area contributed by atoms with E-state index in [9.17, 15) is 24.5 Å². The summed E-state index contributed by atoms with van der Waals surface area (Å²) in [6.07, 6.45) is 0.616. The molecule has 0 unspecified atom stereocenters. The number of aliphatic hydroxyl groups is 1. The first-order valence-corrected chi connectivity index (χ1v) is 9.69. The van der Waals surface area contributed by atoms with Gasteiger partial charge in [0.1, 0.15) is 0 Å². The fourth-order valence-electron chi connectivity index (χ4n) is 2.33. The number of imide groups is 1. The van der Waals surface area contributed by atoms with Crippen LogP contribution in [0, 0.1) is 10.1 Å². The van der Waals surface area contributed by atoms with E-state index in [4.69, 9.17) is 9.84 Å². The number of rotatable bonds is 10. The van der Waals surface area contributed by atoms with Crippen LogP contribution in [0.1, 0.15) is 15.2 Å². The van der Waals surface area contributed by atoms with Crippen molar-refractivity contribution in [2.75, 3.05) is 31.6 Å². The zero-order valence-corrected chi connectivity index (χ0v) is 16.6. The number of esters is 1. The van der Waals surface area contributed by atoms with Gasteiger partial charge < -0.3 is 20.5 Å². The van der Waals surface area contributed by atoms with Crippen LogP contribution in [0.4, 0.5) is 16.2 Å². The Morgan fingerprint density at radius 1 is 1.20 bits per heavy atom. The Bertz CT molecular complexity index is 902. The first kappa shape index (κ1) is 22.8. The minimum absolute atomic E-state index is 0.101. The maximum Gasteiger partial charge on any atom is 0.341 e. The highest BCUT2D eigenvalue weighted by atomic mass is 32.1. The second-order valence-electron chi connectivity index (χ2n) is 5.85. The lowest BCUT2D eigenvalue weighted by molar-refractivity contribution is -0.384. The Hall–Kier alpha value is -3.51. The Morgan fingerprint density at radius 2 is 2.00 bits per heavy atom. The number of hydrogen-bond donors (Lipinski definition) is 4. The minimum atomic E-state index is -0.993. The number of carbonyl (C=O) groups is 3. The van der Waals surface area contributed by atoms with Crippen molar-refractivity contribution < 1.29 is 29.2 Å². The lowest BCUT2D eigenvalue weighted by Crippen LogP contribution is -2.42. The molecule has 0 fully saturated rings. The van der Waals surface area contributed by atoms with Crippen LogP contribution < -0.4 is 16.0 Å². The van der Waals surface area contributed by atoms with Gasteiger partial charge in [-0.3, -0.25) is 20.2 Å². The molecule has 0 bridgehead atoms. The zero-order chi connectivity index (χ0) is 21.9. The van der Waals surface area contributed by atoms with E-state index in [0.29, 0.717) is 13.0 Å². The number of amides is 3. The fourth-order valence-corrected chi connectivity index (χ4v) is 3.04. The van der Waals surface area contributed by atoms with E-state index in [1.165, 1.54) is 12.1 Å². The number of non-ortho nitro benzene ring substituents is 1. The van der Waals surface area contributed by atoms with Gasteiger partial charge >= 0.3 is 12.0 Å². The first-order chi connectivity index (χ1) is 14.4. The summed E-state index contributed by atoms with van der Waals surface area (Å²) in [6.45, 7) is -0.550. The summed E-state index contributed by atoms with van der Waals surface area (Å²) in [6, 6.07) is 6.57. The van der Waals surface area contributed by atoms with Crippen molar-refractivity contribution in [2.45, 2.75) is 6.42 Å². The third kappa shape index (κ3) is 7.14. The van der Waals surface area contributed by atoms with Gasteiger partial charge in [0, 0.05) is 35.8 Å². The van der Waals surface area contributed by atoms with Crippen LogP contribution in [-0.4, -0.2) is 54.2 Å². The average molecular weight is 436 g/mol. The topological polar surface area (TPSA) is 160 Å². The molecule has 0 spiro atoms. The van der Waals surface area contributed by atoms with E-state index in [1.807, 2.05) is 22.8 Å². The summed E-state index contributed by atoms with van der Waals surface area (Å²) >= 11 is 1.55. The Balaban J connectivity index is 1.86. The van der Waals surface area contributed by atoms with Gasteiger partial charge in [-0.05, 0) is 23.9 Å². The third-order valence-corrected chi connectivity index (χ3v) is 4.62. The molecule has 0 aliphatic heterocycles. The van der Waals surface area contributed by atoms with Gasteiger partial charge in [0.15, 0.2) is 6.61 Å². The molecular weight excluding hydrogens is 416 g/mol. The summed E-state index contributed by atoms with van der Waals surface area (Å²) in [7, 11) is 0. The number of anilines is 1. The largest absolute Gasteiger partial charge is 0.452 e. The molecule has 30 heavy (non-hydrogen) atoms. The molecule has 1 aromatic carbocycles. The van der Waals surface area contributed by atoms with E-state index in [0.717, 1.165) is 10.9 Å². The van der Waals surface area contributed by atoms with Crippen molar-refractivity contribution in [1.29, 1.82) is 0 Å². The first-order valence-electron chi connectivity index (χ1n) is 8.81. The summed E-state index contributed by atoms with van der Waals surface area (Å²) in [5.74, 6) is -1.85. The molecule has 0 aliphatic rings. The highest BCUT2D eigenvalue weighted by Crippen LogP contribution is 2.23. The smallest absolute Gasteiger partial charge is 0.341 e. The van der Waals surface area contributed by atoms with Crippen LogP contribution in [0.2, 0.25) is 0 Å². The van der Waals surface area contributed by atoms with Crippen molar-refractivity contribution in [1.82, 2.24) is 10.6 Å². The van der Waals surface area contributed by atoms with Crippen molar-refractivity contribution in [2.24, 2.45) is 0 Å². The molecule has 1 heterocycles. The number of nitrogens with one attached hydrogen (secondary N) is 3. The molecule has 0 radical (unpaired) electrons. The predicted molar refractivity (Wildman–Crippen MR) is 109 cm³/mol. The molecule has 12 heteroatoms. The lowest BCUT2D eigenvalue weighted by Gasteiger charge is -2.11. The summed E-state index contributed by atoms with van der Waals surface area (Å²) in [5, 5.41) is 29.0. The highest BCUT2D eigenvalue weighted by Gasteiger charge is 2.19. The van der Waals surface area contributed by atoms with E-state index in [2.05, 4.69) is 10.6 Å². The Kier molecular flexibility index (Phi) is 8.72. The molecule has 160 valence electrons. The number of nitro groups is 1.